The molecule has 0 spiro atoms. The van der Waals surface area contributed by atoms with Gasteiger partial charge in [-0.05, 0) is 54.2 Å². The zero-order valence-corrected chi connectivity index (χ0v) is 13.2. The minimum absolute atomic E-state index is 0.479. The van der Waals surface area contributed by atoms with Gasteiger partial charge in [0.25, 0.3) is 0 Å². The number of benzene rings is 1. The minimum Gasteiger partial charge on any atom is -0.382 e. The van der Waals surface area contributed by atoms with E-state index < -0.39 is 0 Å². The first-order valence-electron chi connectivity index (χ1n) is 7.72. The fourth-order valence-corrected chi connectivity index (χ4v) is 3.66. The lowest BCUT2D eigenvalue weighted by molar-refractivity contribution is 0.178. The van der Waals surface area contributed by atoms with Crippen LogP contribution in [-0.4, -0.2) is 6.04 Å². The van der Waals surface area contributed by atoms with Crippen LogP contribution in [0.3, 0.4) is 0 Å². The van der Waals surface area contributed by atoms with Crippen LogP contribution in [0, 0.1) is 11.3 Å². The molecule has 2 atom stereocenters. The fraction of sp³-hybridized carbons (Fsp3) is 0.667. The fourth-order valence-electron chi connectivity index (χ4n) is 3.66. The molecule has 0 heterocycles. The van der Waals surface area contributed by atoms with E-state index in [9.17, 15) is 0 Å². The molecule has 1 heteroatoms. The van der Waals surface area contributed by atoms with Crippen molar-refractivity contribution in [3.63, 3.8) is 0 Å². The van der Waals surface area contributed by atoms with Crippen LogP contribution in [-0.2, 0) is 0 Å². The van der Waals surface area contributed by atoms with Crippen LogP contribution in [0.5, 0.6) is 0 Å². The molecule has 106 valence electrons. The van der Waals surface area contributed by atoms with Crippen LogP contribution >= 0.6 is 0 Å². The highest BCUT2D eigenvalue weighted by Gasteiger charge is 2.31. The Morgan fingerprint density at radius 2 is 1.74 bits per heavy atom. The van der Waals surface area contributed by atoms with E-state index in [1.807, 2.05) is 0 Å². The Labute approximate surface area is 118 Å². The Hall–Kier alpha value is -0.980. The molecular weight excluding hydrogens is 230 g/mol. The van der Waals surface area contributed by atoms with E-state index >= 15 is 0 Å². The third-order valence-electron chi connectivity index (χ3n) is 4.34. The number of nitrogens with one attached hydrogen (secondary N) is 1. The average molecular weight is 259 g/mol. The summed E-state index contributed by atoms with van der Waals surface area (Å²) in [6, 6.07) is 9.61. The van der Waals surface area contributed by atoms with Gasteiger partial charge in [0.2, 0.25) is 0 Å². The molecular formula is C18H29N. The van der Waals surface area contributed by atoms with Crippen LogP contribution in [0.25, 0.3) is 0 Å². The molecule has 1 aliphatic carbocycles. The first-order valence-corrected chi connectivity index (χ1v) is 7.72. The maximum atomic E-state index is 3.73. The van der Waals surface area contributed by atoms with Gasteiger partial charge in [0.15, 0.2) is 0 Å². The van der Waals surface area contributed by atoms with Crippen molar-refractivity contribution in [3.05, 3.63) is 29.8 Å². The second kappa shape index (κ2) is 5.56. The predicted octanol–water partition coefficient (Wildman–Crippen LogP) is 5.44. The maximum absolute atomic E-state index is 3.73. The van der Waals surface area contributed by atoms with Crippen LogP contribution in [0.4, 0.5) is 5.69 Å². The lowest BCUT2D eigenvalue weighted by Gasteiger charge is -2.39. The molecule has 0 aliphatic heterocycles. The van der Waals surface area contributed by atoms with Crippen molar-refractivity contribution < 1.29 is 0 Å². The molecule has 2 unspecified atom stereocenters. The second-order valence-corrected chi connectivity index (χ2v) is 7.53. The summed E-state index contributed by atoms with van der Waals surface area (Å²) in [7, 11) is 0. The van der Waals surface area contributed by atoms with Gasteiger partial charge in [-0.3, -0.25) is 0 Å². The molecule has 1 nitrogen and oxygen atoms in total. The van der Waals surface area contributed by atoms with E-state index in [1.165, 1.54) is 30.5 Å². The number of anilines is 1. The van der Waals surface area contributed by atoms with Crippen molar-refractivity contribution in [1.29, 1.82) is 0 Å². The molecule has 2 rings (SSSR count). The van der Waals surface area contributed by atoms with Gasteiger partial charge in [-0.2, -0.15) is 0 Å². The molecule has 0 aromatic heterocycles. The third kappa shape index (κ3) is 3.99. The van der Waals surface area contributed by atoms with Gasteiger partial charge in [-0.25, -0.2) is 0 Å². The number of rotatable bonds is 3. The summed E-state index contributed by atoms with van der Waals surface area (Å²) < 4.78 is 0. The van der Waals surface area contributed by atoms with E-state index in [-0.39, 0.29) is 0 Å². The zero-order valence-electron chi connectivity index (χ0n) is 13.2. The molecule has 0 saturated heterocycles. The summed E-state index contributed by atoms with van der Waals surface area (Å²) in [6.45, 7) is 11.7. The maximum Gasteiger partial charge on any atom is 0.0342 e. The Kier molecular flexibility index (Phi) is 4.23. The van der Waals surface area contributed by atoms with Crippen molar-refractivity contribution in [3.8, 4) is 0 Å². The normalized spacial score (nSPS) is 26.4. The van der Waals surface area contributed by atoms with Crippen molar-refractivity contribution in [1.82, 2.24) is 0 Å². The van der Waals surface area contributed by atoms with Gasteiger partial charge in [0.05, 0.1) is 0 Å². The Balaban J connectivity index is 2.00. The van der Waals surface area contributed by atoms with E-state index in [2.05, 4.69) is 64.2 Å². The lowest BCUT2D eigenvalue weighted by atomic mass is 9.70. The highest BCUT2D eigenvalue weighted by atomic mass is 14.9. The second-order valence-electron chi connectivity index (χ2n) is 7.53. The van der Waals surface area contributed by atoms with Gasteiger partial charge in [0.1, 0.15) is 0 Å². The van der Waals surface area contributed by atoms with Crippen LogP contribution in [0.15, 0.2) is 24.3 Å². The van der Waals surface area contributed by atoms with Gasteiger partial charge in [0, 0.05) is 11.7 Å². The molecule has 0 bridgehead atoms. The highest BCUT2D eigenvalue weighted by molar-refractivity contribution is 5.46. The Morgan fingerprint density at radius 1 is 1.11 bits per heavy atom. The van der Waals surface area contributed by atoms with Crippen LogP contribution in [0.1, 0.15) is 65.4 Å². The molecule has 0 amide bonds. The molecule has 1 aliphatic rings. The summed E-state index contributed by atoms with van der Waals surface area (Å²) >= 11 is 0. The van der Waals surface area contributed by atoms with Gasteiger partial charge in [-0.15, -0.1) is 0 Å². The van der Waals surface area contributed by atoms with Crippen LogP contribution < -0.4 is 5.32 Å². The highest BCUT2D eigenvalue weighted by Crippen LogP contribution is 2.39. The Bertz CT molecular complexity index is 402. The first kappa shape index (κ1) is 14.4. The lowest BCUT2D eigenvalue weighted by Crippen LogP contribution is -2.35. The Morgan fingerprint density at radius 3 is 2.26 bits per heavy atom. The van der Waals surface area contributed by atoms with E-state index in [1.54, 1.807) is 0 Å². The molecule has 1 aromatic rings. The summed E-state index contributed by atoms with van der Waals surface area (Å²) in [5.41, 5.74) is 3.18. The molecule has 0 radical (unpaired) electrons. The van der Waals surface area contributed by atoms with Crippen molar-refractivity contribution in [2.45, 2.75) is 65.8 Å². The standard InChI is InChI=1S/C18H29N/c1-13(2)15-6-8-16(9-7-15)19-17-10-14(3)11-18(4,5)12-17/h6-9,13-14,17,19H,10-12H2,1-5H3. The number of hydrogen-bond donors (Lipinski definition) is 1. The molecule has 1 N–H and O–H groups in total. The first-order chi connectivity index (χ1) is 8.85. The SMILES string of the molecule is CC1CC(Nc2ccc(C(C)C)cc2)CC(C)(C)C1. The van der Waals surface area contributed by atoms with E-state index in [0.717, 1.165) is 5.92 Å². The van der Waals surface area contributed by atoms with Gasteiger partial charge in [-0.1, -0.05) is 46.8 Å². The summed E-state index contributed by atoms with van der Waals surface area (Å²) in [5, 5.41) is 3.73. The minimum atomic E-state index is 0.479. The summed E-state index contributed by atoms with van der Waals surface area (Å²) in [4.78, 5) is 0. The third-order valence-corrected chi connectivity index (χ3v) is 4.34. The molecule has 19 heavy (non-hydrogen) atoms. The summed E-state index contributed by atoms with van der Waals surface area (Å²) in [6.07, 6.45) is 3.94. The van der Waals surface area contributed by atoms with E-state index in [4.69, 9.17) is 0 Å². The van der Waals surface area contributed by atoms with Crippen molar-refractivity contribution in [2.75, 3.05) is 5.32 Å². The quantitative estimate of drug-likeness (QED) is 0.762. The van der Waals surface area contributed by atoms with Crippen LogP contribution in [0.2, 0.25) is 0 Å². The van der Waals surface area contributed by atoms with E-state index in [0.29, 0.717) is 17.4 Å². The predicted molar refractivity (Wildman–Crippen MR) is 84.7 cm³/mol. The van der Waals surface area contributed by atoms with Gasteiger partial charge < -0.3 is 5.32 Å². The average Bonchev–Trinajstić information content (AvgIpc) is 2.26. The molecule has 1 aromatic carbocycles. The molecule has 1 fully saturated rings. The van der Waals surface area contributed by atoms with Crippen molar-refractivity contribution >= 4 is 5.69 Å². The number of hydrogen-bond acceptors (Lipinski definition) is 1. The molecule has 1 saturated carbocycles. The summed E-state index contributed by atoms with van der Waals surface area (Å²) in [5.74, 6) is 1.44. The van der Waals surface area contributed by atoms with Gasteiger partial charge >= 0.3 is 0 Å². The van der Waals surface area contributed by atoms with Crippen molar-refractivity contribution in [2.24, 2.45) is 11.3 Å². The largest absolute Gasteiger partial charge is 0.382 e. The topological polar surface area (TPSA) is 12.0 Å². The smallest absolute Gasteiger partial charge is 0.0342 e. The monoisotopic (exact) mass is 259 g/mol. The zero-order chi connectivity index (χ0) is 14.0.